The smallest absolute Gasteiger partial charge is 0.116 e. The summed E-state index contributed by atoms with van der Waals surface area (Å²) in [7, 11) is 0. The average Bonchev–Trinajstić information content (AvgIpc) is 0.858. The average molecular weight is 1390 g/mol. The maximum absolute atomic E-state index is 4.31. The highest BCUT2D eigenvalue weighted by molar-refractivity contribution is 5.82. The van der Waals surface area contributed by atoms with Gasteiger partial charge in [-0.2, -0.15) is 0 Å². The van der Waals surface area contributed by atoms with E-state index < -0.39 is 0 Å². The molecule has 0 saturated carbocycles. The highest BCUT2D eigenvalue weighted by atomic mass is 14.8. The van der Waals surface area contributed by atoms with Gasteiger partial charge in [0.25, 0.3) is 0 Å². The number of hydrogen-bond acceptors (Lipinski definition) is 16. The molecule has 4 aromatic carbocycles. The Labute approximate surface area is 620 Å². The van der Waals surface area contributed by atoms with Gasteiger partial charge in [0.05, 0.1) is 66.2 Å². The van der Waals surface area contributed by atoms with E-state index in [1.54, 1.807) is 56.3 Å². The van der Waals surface area contributed by atoms with Crippen molar-refractivity contribution in [1.29, 1.82) is 0 Å². The summed E-state index contributed by atoms with van der Waals surface area (Å²) in [6.45, 7) is 48.2. The summed E-state index contributed by atoms with van der Waals surface area (Å²) < 4.78 is 0. The van der Waals surface area contributed by atoms with E-state index >= 15 is 0 Å². The predicted molar refractivity (Wildman–Crippen MR) is 445 cm³/mol. The number of aromatic nitrogens is 16. The number of benzene rings is 4. The van der Waals surface area contributed by atoms with Crippen molar-refractivity contribution >= 4 is 87.7 Å². The molecule has 12 heterocycles. The van der Waals surface area contributed by atoms with Crippen LogP contribution in [0.15, 0.2) is 245 Å². The predicted octanol–water partition coefficient (Wildman–Crippen LogP) is 23.7. The molecule has 16 rings (SSSR count). The second-order valence-corrected chi connectivity index (χ2v) is 20.3. The molecule has 16 aromatic rings. The first-order valence-corrected chi connectivity index (χ1v) is 36.3. The summed E-state index contributed by atoms with van der Waals surface area (Å²) in [4.78, 5) is 66.1. The Morgan fingerprint density at radius 3 is 1.20 bits per heavy atom. The first-order valence-electron chi connectivity index (χ1n) is 36.3. The normalized spacial score (nSPS) is 9.15. The fraction of sp³-hybridized carbons (Fsp3) is 0.273. The second kappa shape index (κ2) is 55.2. The van der Waals surface area contributed by atoms with Crippen molar-refractivity contribution in [2.45, 2.75) is 166 Å². The molecule has 12 aromatic heterocycles. The quantitative estimate of drug-likeness (QED) is 0.138. The van der Waals surface area contributed by atoms with Gasteiger partial charge in [0, 0.05) is 94.9 Å². The molecule has 0 N–H and O–H groups in total. The Bertz CT molecular complexity index is 4240. The number of para-hydroxylation sites is 1. The van der Waals surface area contributed by atoms with Crippen LogP contribution in [0.5, 0.6) is 0 Å². The lowest BCUT2D eigenvalue weighted by molar-refractivity contribution is 1.21. The number of nitrogens with zero attached hydrogens (tertiary/aromatic N) is 16. The minimum Gasteiger partial charge on any atom is -0.255 e. The van der Waals surface area contributed by atoms with Crippen LogP contribution in [0.3, 0.4) is 0 Å². The van der Waals surface area contributed by atoms with Gasteiger partial charge in [0.15, 0.2) is 0 Å². The molecule has 104 heavy (non-hydrogen) atoms. The van der Waals surface area contributed by atoms with Crippen LogP contribution in [-0.4, -0.2) is 79.7 Å². The lowest BCUT2D eigenvalue weighted by Gasteiger charge is -1.97. The SMILES string of the molecule is CC.CC.CC.CC.CC.CC.CC.CC.Cc1ccc2cncnc2c1.Cc1ccc2ncccc2n1.Cc1ccc2ncccc2n1.Cc1ccc2ncncc2c1.Cc1cccc2cncnc12.Cc1cccc2ncncc12.Cc1ccnc2cccnc12.Cc1cnc2cccnc2c1. The van der Waals surface area contributed by atoms with Gasteiger partial charge in [-0.05, 0) is 192 Å². The van der Waals surface area contributed by atoms with E-state index in [0.29, 0.717) is 0 Å². The summed E-state index contributed by atoms with van der Waals surface area (Å²) in [5, 5.41) is 4.44. The molecule has 0 aliphatic heterocycles. The Morgan fingerprint density at radius 1 is 0.212 bits per heavy atom. The van der Waals surface area contributed by atoms with E-state index in [-0.39, 0.29) is 0 Å². The van der Waals surface area contributed by atoms with Gasteiger partial charge >= 0.3 is 0 Å². The van der Waals surface area contributed by atoms with Gasteiger partial charge in [-0.25, -0.2) is 39.9 Å². The first kappa shape index (κ1) is 90.5. The monoisotopic (exact) mass is 1390 g/mol. The molecule has 16 heteroatoms. The molecule has 0 fully saturated rings. The highest BCUT2D eigenvalue weighted by Gasteiger charge is 2.00. The summed E-state index contributed by atoms with van der Waals surface area (Å²) in [6, 6.07) is 51.8. The largest absolute Gasteiger partial charge is 0.255 e. The van der Waals surface area contributed by atoms with E-state index in [0.717, 1.165) is 105 Å². The lowest BCUT2D eigenvalue weighted by atomic mass is 10.1. The maximum Gasteiger partial charge on any atom is 0.116 e. The molecule has 544 valence electrons. The zero-order chi connectivity index (χ0) is 77.5. The molecule has 0 aliphatic rings. The molecular formula is C88H112N16. The molecule has 0 spiro atoms. The minimum atomic E-state index is 0.957. The Kier molecular flexibility index (Phi) is 48.0. The Balaban J connectivity index is 0.000000578. The van der Waals surface area contributed by atoms with Gasteiger partial charge in [0.2, 0.25) is 0 Å². The van der Waals surface area contributed by atoms with Crippen LogP contribution in [0.25, 0.3) is 87.7 Å². The zero-order valence-electron chi connectivity index (χ0n) is 66.2. The maximum atomic E-state index is 4.31. The minimum absolute atomic E-state index is 0.957. The van der Waals surface area contributed by atoms with Crippen LogP contribution in [0.1, 0.15) is 156 Å². The zero-order valence-corrected chi connectivity index (χ0v) is 66.2. The summed E-state index contributed by atoms with van der Waals surface area (Å²) in [6.07, 6.45) is 24.4. The molecule has 0 atom stereocenters. The van der Waals surface area contributed by atoms with Gasteiger partial charge in [0.1, 0.15) is 25.3 Å². The standard InChI is InChI=1S/8C9H8N2.8C2H6/c1-7-2-3-9-8(4-7)5-10-6-11-9;1-7-2-3-8-5-10-6-11-9(8)4-7;2*1-7-4-5-8-9(11-7)3-2-6-10-8;1-7-4-6-10-8-3-2-5-11-9(7)8;1-7-5-9-8(11-6-7)3-2-4-10-9;1-7-3-2-4-9-8(7)5-10-6-11-9;1-7-3-2-4-8-5-10-6-11-9(7)8;8*1-2/h8*2-6H,1H3;8*1-2H3. The molecule has 0 unspecified atom stereocenters. The van der Waals surface area contributed by atoms with Crippen LogP contribution in [0.2, 0.25) is 0 Å². The van der Waals surface area contributed by atoms with Gasteiger partial charge in [-0.3, -0.25) is 39.9 Å². The summed E-state index contributed by atoms with van der Waals surface area (Å²) >= 11 is 0. The van der Waals surface area contributed by atoms with Crippen LogP contribution in [0, 0.1) is 55.4 Å². The van der Waals surface area contributed by atoms with Crippen LogP contribution in [0.4, 0.5) is 0 Å². The third kappa shape index (κ3) is 31.6. The third-order valence-corrected chi connectivity index (χ3v) is 13.3. The van der Waals surface area contributed by atoms with E-state index in [4.69, 9.17) is 0 Å². The first-order chi connectivity index (χ1) is 50.9. The molecule has 0 radical (unpaired) electrons. The number of rotatable bonds is 0. The van der Waals surface area contributed by atoms with Crippen molar-refractivity contribution < 1.29 is 0 Å². The van der Waals surface area contributed by atoms with Crippen molar-refractivity contribution in [3.8, 4) is 0 Å². The summed E-state index contributed by atoms with van der Waals surface area (Å²) in [5.74, 6) is 0. The fourth-order valence-corrected chi connectivity index (χ4v) is 8.79. The van der Waals surface area contributed by atoms with E-state index in [1.807, 2.05) is 291 Å². The molecule has 0 aliphatic carbocycles. The van der Waals surface area contributed by atoms with Gasteiger partial charge in [-0.15, -0.1) is 0 Å². The highest BCUT2D eigenvalue weighted by Crippen LogP contribution is 2.17. The van der Waals surface area contributed by atoms with Gasteiger partial charge in [-0.1, -0.05) is 165 Å². The lowest BCUT2D eigenvalue weighted by Crippen LogP contribution is -1.83. The summed E-state index contributed by atoms with van der Waals surface area (Å²) in [5.41, 5.74) is 21.1. The Morgan fingerprint density at radius 2 is 0.625 bits per heavy atom. The van der Waals surface area contributed by atoms with Crippen LogP contribution in [-0.2, 0) is 0 Å². The van der Waals surface area contributed by atoms with Gasteiger partial charge < -0.3 is 0 Å². The van der Waals surface area contributed by atoms with E-state index in [2.05, 4.69) is 144 Å². The molecule has 16 nitrogen and oxygen atoms in total. The second-order valence-electron chi connectivity index (χ2n) is 20.3. The van der Waals surface area contributed by atoms with Crippen molar-refractivity contribution in [1.82, 2.24) is 79.7 Å². The Hall–Kier alpha value is -11.5. The van der Waals surface area contributed by atoms with Crippen LogP contribution < -0.4 is 0 Å². The molecule has 0 bridgehead atoms. The van der Waals surface area contributed by atoms with Crippen molar-refractivity contribution in [2.75, 3.05) is 0 Å². The number of aryl methyl sites for hydroxylation is 8. The van der Waals surface area contributed by atoms with Crippen molar-refractivity contribution in [3.05, 3.63) is 290 Å². The number of pyridine rings is 8. The third-order valence-electron chi connectivity index (χ3n) is 13.3. The number of fused-ring (bicyclic) bond motifs is 8. The fourth-order valence-electron chi connectivity index (χ4n) is 8.79. The van der Waals surface area contributed by atoms with E-state index in [9.17, 15) is 0 Å². The van der Waals surface area contributed by atoms with Crippen LogP contribution >= 0.6 is 0 Å². The van der Waals surface area contributed by atoms with E-state index in [1.165, 1.54) is 27.8 Å². The molecular weight excluding hydrogens is 1280 g/mol. The topological polar surface area (TPSA) is 206 Å². The van der Waals surface area contributed by atoms with Crippen molar-refractivity contribution in [2.24, 2.45) is 0 Å². The molecule has 0 amide bonds. The number of hydrogen-bond donors (Lipinski definition) is 0. The van der Waals surface area contributed by atoms with Crippen molar-refractivity contribution in [3.63, 3.8) is 0 Å². The molecule has 0 saturated heterocycles.